The van der Waals surface area contributed by atoms with Gasteiger partial charge in [-0.15, -0.1) is 0 Å². The smallest absolute Gasteiger partial charge is 0.125 e. The highest BCUT2D eigenvalue weighted by Gasteiger charge is 2.30. The Morgan fingerprint density at radius 1 is 1.37 bits per heavy atom. The average molecular weight is 265 g/mol. The van der Waals surface area contributed by atoms with Crippen LogP contribution >= 0.6 is 0 Å². The quantitative estimate of drug-likeness (QED) is 0.878. The standard InChI is InChI=1S/C15H24FN3/c1-2-19-9-4-7-15(12-17,8-10-19)18-14-6-3-5-13(16)11-14/h3,5-6,11,18H,2,4,7-10,12,17H2,1H3. The average Bonchev–Trinajstić information content (AvgIpc) is 2.62. The van der Waals surface area contributed by atoms with E-state index < -0.39 is 0 Å². The molecule has 1 aliphatic rings. The predicted molar refractivity (Wildman–Crippen MR) is 77.8 cm³/mol. The molecule has 1 fully saturated rings. The fourth-order valence-electron chi connectivity index (χ4n) is 2.82. The van der Waals surface area contributed by atoms with Gasteiger partial charge in [0.1, 0.15) is 5.82 Å². The number of nitrogens with zero attached hydrogens (tertiary/aromatic N) is 1. The van der Waals surface area contributed by atoms with Gasteiger partial charge in [-0.05, 0) is 50.6 Å². The fraction of sp³-hybridized carbons (Fsp3) is 0.600. The normalized spacial score (nSPS) is 25.0. The highest BCUT2D eigenvalue weighted by atomic mass is 19.1. The fourth-order valence-corrected chi connectivity index (χ4v) is 2.82. The van der Waals surface area contributed by atoms with Gasteiger partial charge in [-0.25, -0.2) is 4.39 Å². The van der Waals surface area contributed by atoms with Crippen LogP contribution in [0.1, 0.15) is 26.2 Å². The first kappa shape index (κ1) is 14.3. The van der Waals surface area contributed by atoms with Crippen molar-refractivity contribution in [1.29, 1.82) is 0 Å². The number of likely N-dealkylation sites (tertiary alicyclic amines) is 1. The van der Waals surface area contributed by atoms with Crippen molar-refractivity contribution >= 4 is 5.69 Å². The summed E-state index contributed by atoms with van der Waals surface area (Å²) in [5.74, 6) is -0.207. The predicted octanol–water partition coefficient (Wildman–Crippen LogP) is 2.44. The molecule has 1 aromatic rings. The summed E-state index contributed by atoms with van der Waals surface area (Å²) in [4.78, 5) is 2.45. The Hall–Kier alpha value is -1.13. The van der Waals surface area contributed by atoms with E-state index in [9.17, 15) is 4.39 Å². The van der Waals surface area contributed by atoms with E-state index in [0.717, 1.165) is 44.6 Å². The maximum absolute atomic E-state index is 13.3. The van der Waals surface area contributed by atoms with Gasteiger partial charge in [0.25, 0.3) is 0 Å². The van der Waals surface area contributed by atoms with Gasteiger partial charge in [0.15, 0.2) is 0 Å². The Morgan fingerprint density at radius 2 is 2.21 bits per heavy atom. The summed E-state index contributed by atoms with van der Waals surface area (Å²) in [5.41, 5.74) is 6.74. The van der Waals surface area contributed by atoms with Crippen molar-refractivity contribution < 1.29 is 4.39 Å². The van der Waals surface area contributed by atoms with Crippen LogP contribution in [0.4, 0.5) is 10.1 Å². The first-order chi connectivity index (χ1) is 9.17. The van der Waals surface area contributed by atoms with E-state index in [1.165, 1.54) is 6.07 Å². The number of anilines is 1. The molecule has 0 radical (unpaired) electrons. The van der Waals surface area contributed by atoms with E-state index in [0.29, 0.717) is 6.54 Å². The van der Waals surface area contributed by atoms with E-state index in [2.05, 4.69) is 17.1 Å². The molecule has 2 rings (SSSR count). The number of nitrogens with one attached hydrogen (secondary N) is 1. The highest BCUT2D eigenvalue weighted by Crippen LogP contribution is 2.26. The molecular formula is C15H24FN3. The molecule has 0 bridgehead atoms. The van der Waals surface area contributed by atoms with Crippen molar-refractivity contribution in [3.63, 3.8) is 0 Å². The molecule has 0 saturated carbocycles. The topological polar surface area (TPSA) is 41.3 Å². The molecular weight excluding hydrogens is 241 g/mol. The lowest BCUT2D eigenvalue weighted by atomic mass is 9.90. The Morgan fingerprint density at radius 3 is 2.89 bits per heavy atom. The molecule has 1 aromatic carbocycles. The third-order valence-corrected chi connectivity index (χ3v) is 4.11. The van der Waals surface area contributed by atoms with E-state index in [-0.39, 0.29) is 11.4 Å². The Labute approximate surface area is 115 Å². The molecule has 1 unspecified atom stereocenters. The van der Waals surface area contributed by atoms with E-state index >= 15 is 0 Å². The van der Waals surface area contributed by atoms with Crippen molar-refractivity contribution in [2.45, 2.75) is 31.7 Å². The Bertz CT molecular complexity index is 410. The third-order valence-electron chi connectivity index (χ3n) is 4.11. The van der Waals surface area contributed by atoms with Crippen LogP contribution in [0.15, 0.2) is 24.3 Å². The zero-order valence-electron chi connectivity index (χ0n) is 11.7. The van der Waals surface area contributed by atoms with Crippen molar-refractivity contribution in [3.05, 3.63) is 30.1 Å². The molecule has 1 heterocycles. The molecule has 4 heteroatoms. The second-order valence-electron chi connectivity index (χ2n) is 5.41. The molecule has 0 aliphatic carbocycles. The minimum atomic E-state index is -0.207. The minimum Gasteiger partial charge on any atom is -0.378 e. The lowest BCUT2D eigenvalue weighted by molar-refractivity contribution is 0.293. The van der Waals surface area contributed by atoms with Crippen LogP contribution in [-0.4, -0.2) is 36.6 Å². The van der Waals surface area contributed by atoms with Crippen LogP contribution in [-0.2, 0) is 0 Å². The highest BCUT2D eigenvalue weighted by molar-refractivity contribution is 5.46. The number of halogens is 1. The molecule has 0 aromatic heterocycles. The maximum atomic E-state index is 13.3. The largest absolute Gasteiger partial charge is 0.378 e. The molecule has 1 aliphatic heterocycles. The van der Waals surface area contributed by atoms with Crippen LogP contribution < -0.4 is 11.1 Å². The Balaban J connectivity index is 2.09. The molecule has 3 N–H and O–H groups in total. The van der Waals surface area contributed by atoms with Crippen molar-refractivity contribution in [2.24, 2.45) is 5.73 Å². The minimum absolute atomic E-state index is 0.0995. The molecule has 3 nitrogen and oxygen atoms in total. The summed E-state index contributed by atoms with van der Waals surface area (Å²) >= 11 is 0. The van der Waals surface area contributed by atoms with Crippen LogP contribution in [0, 0.1) is 5.82 Å². The SMILES string of the molecule is CCN1CCCC(CN)(Nc2cccc(F)c2)CC1. The van der Waals surface area contributed by atoms with Crippen LogP contribution in [0.3, 0.4) is 0 Å². The van der Waals surface area contributed by atoms with Gasteiger partial charge >= 0.3 is 0 Å². The van der Waals surface area contributed by atoms with Crippen LogP contribution in [0.2, 0.25) is 0 Å². The molecule has 106 valence electrons. The van der Waals surface area contributed by atoms with Gasteiger partial charge in [-0.2, -0.15) is 0 Å². The van der Waals surface area contributed by atoms with Crippen molar-refractivity contribution in [3.8, 4) is 0 Å². The van der Waals surface area contributed by atoms with E-state index in [1.807, 2.05) is 6.07 Å². The van der Waals surface area contributed by atoms with Gasteiger partial charge in [0, 0.05) is 18.8 Å². The lowest BCUT2D eigenvalue weighted by Crippen LogP contribution is -2.46. The zero-order valence-corrected chi connectivity index (χ0v) is 11.7. The summed E-state index contributed by atoms with van der Waals surface area (Å²) in [5, 5.41) is 3.48. The van der Waals surface area contributed by atoms with Gasteiger partial charge in [-0.3, -0.25) is 0 Å². The monoisotopic (exact) mass is 265 g/mol. The van der Waals surface area contributed by atoms with E-state index in [1.54, 1.807) is 12.1 Å². The number of rotatable bonds is 4. The Kier molecular flexibility index (Phi) is 4.77. The second-order valence-corrected chi connectivity index (χ2v) is 5.41. The van der Waals surface area contributed by atoms with Crippen LogP contribution in [0.5, 0.6) is 0 Å². The van der Waals surface area contributed by atoms with Gasteiger partial charge < -0.3 is 16.0 Å². The van der Waals surface area contributed by atoms with E-state index in [4.69, 9.17) is 5.73 Å². The molecule has 0 spiro atoms. The molecule has 1 atom stereocenters. The summed E-state index contributed by atoms with van der Waals surface area (Å²) in [6, 6.07) is 6.64. The molecule has 0 amide bonds. The van der Waals surface area contributed by atoms with Gasteiger partial charge in [0.05, 0.1) is 5.54 Å². The number of hydrogen-bond acceptors (Lipinski definition) is 3. The number of benzene rings is 1. The van der Waals surface area contributed by atoms with Crippen LogP contribution in [0.25, 0.3) is 0 Å². The maximum Gasteiger partial charge on any atom is 0.125 e. The van der Waals surface area contributed by atoms with Gasteiger partial charge in [0.2, 0.25) is 0 Å². The molecule has 19 heavy (non-hydrogen) atoms. The van der Waals surface area contributed by atoms with Crippen molar-refractivity contribution in [1.82, 2.24) is 4.90 Å². The third kappa shape index (κ3) is 3.67. The molecule has 1 saturated heterocycles. The number of hydrogen-bond donors (Lipinski definition) is 2. The first-order valence-corrected chi connectivity index (χ1v) is 7.14. The summed E-state index contributed by atoms with van der Waals surface area (Å²) in [7, 11) is 0. The summed E-state index contributed by atoms with van der Waals surface area (Å²) in [6.45, 7) is 6.04. The second kappa shape index (κ2) is 6.35. The number of nitrogens with two attached hydrogens (primary N) is 1. The lowest BCUT2D eigenvalue weighted by Gasteiger charge is -2.34. The summed E-state index contributed by atoms with van der Waals surface area (Å²) < 4.78 is 13.3. The van der Waals surface area contributed by atoms with Gasteiger partial charge in [-0.1, -0.05) is 13.0 Å². The first-order valence-electron chi connectivity index (χ1n) is 7.14. The van der Waals surface area contributed by atoms with Crippen molar-refractivity contribution in [2.75, 3.05) is 31.5 Å². The summed E-state index contributed by atoms with van der Waals surface area (Å²) in [6.07, 6.45) is 3.18. The zero-order chi connectivity index (χ0) is 13.7.